The van der Waals surface area contributed by atoms with Crippen molar-refractivity contribution >= 4 is 17.8 Å². The highest BCUT2D eigenvalue weighted by Gasteiger charge is 2.30. The van der Waals surface area contributed by atoms with Crippen LogP contribution in [0.15, 0.2) is 48.5 Å². The number of nitrogens with zero attached hydrogens (tertiary/aromatic N) is 1. The van der Waals surface area contributed by atoms with Crippen LogP contribution in [0.25, 0.3) is 0 Å². The highest BCUT2D eigenvalue weighted by Crippen LogP contribution is 2.21. The van der Waals surface area contributed by atoms with E-state index in [1.54, 1.807) is 30.2 Å². The van der Waals surface area contributed by atoms with Crippen molar-refractivity contribution in [2.75, 3.05) is 7.11 Å². The van der Waals surface area contributed by atoms with Crippen molar-refractivity contribution < 1.29 is 23.5 Å². The second-order valence-electron chi connectivity index (χ2n) is 6.75. The van der Waals surface area contributed by atoms with Gasteiger partial charge in [0.15, 0.2) is 0 Å². The van der Waals surface area contributed by atoms with Gasteiger partial charge < -0.3 is 15.0 Å². The zero-order valence-electron chi connectivity index (χ0n) is 16.0. The summed E-state index contributed by atoms with van der Waals surface area (Å²) in [7, 11) is 1.55. The molecule has 3 rings (SSSR count). The van der Waals surface area contributed by atoms with Crippen molar-refractivity contribution in [3.05, 3.63) is 65.5 Å². The normalized spacial score (nSPS) is 15.6. The molecule has 0 unspecified atom stereocenters. The molecule has 0 aromatic heterocycles. The maximum absolute atomic E-state index is 13.6. The first-order valence-corrected chi connectivity index (χ1v) is 9.21. The van der Waals surface area contributed by atoms with Crippen LogP contribution in [0.2, 0.25) is 0 Å². The Kier molecular flexibility index (Phi) is 6.43. The predicted octanol–water partition coefficient (Wildman–Crippen LogP) is 2.35. The van der Waals surface area contributed by atoms with E-state index in [4.69, 9.17) is 4.74 Å². The summed E-state index contributed by atoms with van der Waals surface area (Å²) in [5.74, 6) is -0.386. The molecule has 29 heavy (non-hydrogen) atoms. The van der Waals surface area contributed by atoms with Gasteiger partial charge in [-0.05, 0) is 30.2 Å². The van der Waals surface area contributed by atoms with Crippen LogP contribution in [0.3, 0.4) is 0 Å². The summed E-state index contributed by atoms with van der Waals surface area (Å²) in [5, 5.41) is 4.63. The van der Waals surface area contributed by atoms with Gasteiger partial charge in [-0.25, -0.2) is 9.18 Å². The largest absolute Gasteiger partial charge is 0.496 e. The number of carbonyl (C=O) groups is 3. The van der Waals surface area contributed by atoms with E-state index in [0.717, 1.165) is 5.56 Å². The minimum absolute atomic E-state index is 0.0584. The molecule has 7 nitrogen and oxygen atoms in total. The average Bonchev–Trinajstić information content (AvgIpc) is 3.03. The molecule has 152 valence electrons. The molecule has 2 aromatic carbocycles. The summed E-state index contributed by atoms with van der Waals surface area (Å²) < 4.78 is 19.0. The topological polar surface area (TPSA) is 87.7 Å². The molecule has 1 aliphatic heterocycles. The summed E-state index contributed by atoms with van der Waals surface area (Å²) in [6.45, 7) is 0.473. The molecule has 0 radical (unpaired) electrons. The number of nitrogens with one attached hydrogen (secondary N) is 2. The van der Waals surface area contributed by atoms with Crippen LogP contribution < -0.4 is 15.4 Å². The molecule has 2 aromatic rings. The van der Waals surface area contributed by atoms with E-state index in [2.05, 4.69) is 10.6 Å². The van der Waals surface area contributed by atoms with Gasteiger partial charge in [0.1, 0.15) is 17.6 Å². The summed E-state index contributed by atoms with van der Waals surface area (Å²) in [5.41, 5.74) is 1.46. The standard InChI is InChI=1S/C21H22FN3O4/c1-29-18-8-3-2-6-15(18)13-25(12-14-5-4-7-16(22)11-14)19(26)10-9-17-20(27)24-21(28)23-17/h2-8,11,17H,9-10,12-13H2,1H3,(H2,23,24,27,28)/t17-/m0/s1. The van der Waals surface area contributed by atoms with Gasteiger partial charge in [0, 0.05) is 25.1 Å². The zero-order chi connectivity index (χ0) is 20.8. The minimum Gasteiger partial charge on any atom is -0.496 e. The summed E-state index contributed by atoms with van der Waals surface area (Å²) >= 11 is 0. The smallest absolute Gasteiger partial charge is 0.322 e. The fourth-order valence-electron chi connectivity index (χ4n) is 3.22. The van der Waals surface area contributed by atoms with Crippen molar-refractivity contribution in [1.29, 1.82) is 0 Å². The van der Waals surface area contributed by atoms with Crippen LogP contribution in [0.5, 0.6) is 5.75 Å². The predicted molar refractivity (Wildman–Crippen MR) is 103 cm³/mol. The van der Waals surface area contributed by atoms with Gasteiger partial charge in [0.05, 0.1) is 7.11 Å². The first kappa shape index (κ1) is 20.3. The molecule has 8 heteroatoms. The van der Waals surface area contributed by atoms with Gasteiger partial charge in [0.2, 0.25) is 5.91 Å². The van der Waals surface area contributed by atoms with Crippen LogP contribution in [0.4, 0.5) is 9.18 Å². The van der Waals surface area contributed by atoms with E-state index >= 15 is 0 Å². The summed E-state index contributed by atoms with van der Waals surface area (Å²) in [6.07, 6.45) is 0.241. The Balaban J connectivity index is 1.75. The molecule has 1 saturated heterocycles. The van der Waals surface area contributed by atoms with E-state index in [1.165, 1.54) is 12.1 Å². The molecule has 2 N–H and O–H groups in total. The Morgan fingerprint density at radius 2 is 1.93 bits per heavy atom. The van der Waals surface area contributed by atoms with E-state index in [1.807, 2.05) is 18.2 Å². The quantitative estimate of drug-likeness (QED) is 0.667. The van der Waals surface area contributed by atoms with Crippen LogP contribution in [-0.4, -0.2) is 35.9 Å². The lowest BCUT2D eigenvalue weighted by Crippen LogP contribution is -2.34. The number of imide groups is 1. The lowest BCUT2D eigenvalue weighted by atomic mass is 10.1. The lowest BCUT2D eigenvalue weighted by molar-refractivity contribution is -0.132. The molecule has 1 fully saturated rings. The highest BCUT2D eigenvalue weighted by molar-refractivity contribution is 6.04. The number of hydrogen-bond acceptors (Lipinski definition) is 4. The van der Waals surface area contributed by atoms with E-state index < -0.39 is 18.0 Å². The van der Waals surface area contributed by atoms with Crippen molar-refractivity contribution in [2.24, 2.45) is 0 Å². The number of benzene rings is 2. The summed E-state index contributed by atoms with van der Waals surface area (Å²) in [6, 6.07) is 12.1. The van der Waals surface area contributed by atoms with E-state index in [-0.39, 0.29) is 37.7 Å². The third-order valence-corrected chi connectivity index (χ3v) is 4.67. The van der Waals surface area contributed by atoms with E-state index in [0.29, 0.717) is 11.3 Å². The number of carbonyl (C=O) groups excluding carboxylic acids is 3. The molecule has 0 saturated carbocycles. The van der Waals surface area contributed by atoms with Crippen LogP contribution >= 0.6 is 0 Å². The van der Waals surface area contributed by atoms with Gasteiger partial charge in [-0.15, -0.1) is 0 Å². The molecule has 1 atom stereocenters. The summed E-state index contributed by atoms with van der Waals surface area (Å²) in [4.78, 5) is 37.4. The number of ether oxygens (including phenoxy) is 1. The molecular weight excluding hydrogens is 377 g/mol. The number of rotatable bonds is 8. The second kappa shape index (κ2) is 9.18. The van der Waals surface area contributed by atoms with Crippen LogP contribution in [0, 0.1) is 5.82 Å². The Labute approximate surface area is 167 Å². The number of methoxy groups -OCH3 is 1. The average molecular weight is 399 g/mol. The third-order valence-electron chi connectivity index (χ3n) is 4.67. The maximum atomic E-state index is 13.6. The van der Waals surface area contributed by atoms with Crippen LogP contribution in [0.1, 0.15) is 24.0 Å². The van der Waals surface area contributed by atoms with Crippen molar-refractivity contribution in [3.8, 4) is 5.75 Å². The Morgan fingerprint density at radius 3 is 2.62 bits per heavy atom. The Morgan fingerprint density at radius 1 is 1.14 bits per heavy atom. The van der Waals surface area contributed by atoms with Crippen molar-refractivity contribution in [1.82, 2.24) is 15.5 Å². The Bertz CT molecular complexity index is 918. The van der Waals surface area contributed by atoms with Crippen molar-refractivity contribution in [3.63, 3.8) is 0 Å². The molecule has 0 aliphatic carbocycles. The number of hydrogen-bond donors (Lipinski definition) is 2. The van der Waals surface area contributed by atoms with Crippen LogP contribution in [-0.2, 0) is 22.7 Å². The maximum Gasteiger partial charge on any atom is 0.322 e. The number of amides is 4. The zero-order valence-corrected chi connectivity index (χ0v) is 16.0. The minimum atomic E-state index is -0.728. The fourth-order valence-corrected chi connectivity index (χ4v) is 3.22. The number of para-hydroxylation sites is 1. The van der Waals surface area contributed by atoms with Gasteiger partial charge in [-0.3, -0.25) is 14.9 Å². The molecular formula is C21H22FN3O4. The molecule has 1 heterocycles. The van der Waals surface area contributed by atoms with Crippen molar-refractivity contribution in [2.45, 2.75) is 32.0 Å². The number of halogens is 1. The first-order valence-electron chi connectivity index (χ1n) is 9.21. The van der Waals surface area contributed by atoms with Gasteiger partial charge in [0.25, 0.3) is 5.91 Å². The molecule has 0 bridgehead atoms. The first-order chi connectivity index (χ1) is 14.0. The lowest BCUT2D eigenvalue weighted by Gasteiger charge is -2.24. The third kappa shape index (κ3) is 5.31. The monoisotopic (exact) mass is 399 g/mol. The molecule has 4 amide bonds. The molecule has 0 spiro atoms. The van der Waals surface area contributed by atoms with Gasteiger partial charge >= 0.3 is 6.03 Å². The van der Waals surface area contributed by atoms with E-state index in [9.17, 15) is 18.8 Å². The fraction of sp³-hybridized carbons (Fsp3) is 0.286. The SMILES string of the molecule is COc1ccccc1CN(Cc1cccc(F)c1)C(=O)CC[C@@H]1NC(=O)NC1=O. The Hall–Kier alpha value is -3.42. The van der Waals surface area contributed by atoms with Gasteiger partial charge in [-0.1, -0.05) is 30.3 Å². The number of urea groups is 1. The second-order valence-corrected chi connectivity index (χ2v) is 6.75. The highest BCUT2D eigenvalue weighted by atomic mass is 19.1. The van der Waals surface area contributed by atoms with Gasteiger partial charge in [-0.2, -0.15) is 0 Å². The molecule has 1 aliphatic rings.